The summed E-state index contributed by atoms with van der Waals surface area (Å²) in [7, 11) is 0. The predicted octanol–water partition coefficient (Wildman–Crippen LogP) is 2.75. The van der Waals surface area contributed by atoms with Gasteiger partial charge in [-0.1, -0.05) is 5.18 Å². The fraction of sp³-hybridized carbons (Fsp3) is 0.571. The van der Waals surface area contributed by atoms with Crippen LogP contribution in [0.4, 0.5) is 8.78 Å². The number of nitrogens with zero attached hydrogens (tertiary/aromatic N) is 2. The molecule has 0 aliphatic heterocycles. The molecular weight excluding hydrogens is 280 g/mol. The molecule has 2 unspecified atom stereocenters. The summed E-state index contributed by atoms with van der Waals surface area (Å²) < 4.78 is 26.8. The summed E-state index contributed by atoms with van der Waals surface area (Å²) in [6, 6.07) is -0.183. The summed E-state index contributed by atoms with van der Waals surface area (Å²) in [5, 5.41) is 5.32. The van der Waals surface area contributed by atoms with Crippen LogP contribution in [0.5, 0.6) is 0 Å². The zero-order chi connectivity index (χ0) is 15.6. The molecule has 21 heavy (non-hydrogen) atoms. The molecule has 1 aromatic heterocycles. The molecule has 1 aliphatic rings. The summed E-state index contributed by atoms with van der Waals surface area (Å²) in [5.74, 6) is -3.44. The molecule has 1 amide bonds. The number of aromatic nitrogens is 1. The van der Waals surface area contributed by atoms with Crippen LogP contribution in [0.25, 0.3) is 0 Å². The van der Waals surface area contributed by atoms with E-state index in [1.54, 1.807) is 12.3 Å². The Morgan fingerprint density at radius 1 is 1.43 bits per heavy atom. The molecule has 0 radical (unpaired) electrons. The first-order valence-corrected chi connectivity index (χ1v) is 6.77. The van der Waals surface area contributed by atoms with Crippen LogP contribution < -0.4 is 5.32 Å². The second kappa shape index (κ2) is 5.83. The molecule has 1 aliphatic carbocycles. The maximum Gasteiger partial charge on any atom is 0.270 e. The lowest BCUT2D eigenvalue weighted by Crippen LogP contribution is -2.49. The topological polar surface area (TPSA) is 71.4 Å². The average molecular weight is 297 g/mol. The minimum Gasteiger partial charge on any atom is -0.345 e. The van der Waals surface area contributed by atoms with Gasteiger partial charge in [0.2, 0.25) is 5.92 Å². The van der Waals surface area contributed by atoms with Gasteiger partial charge in [-0.15, -0.1) is 0 Å². The van der Waals surface area contributed by atoms with Crippen LogP contribution >= 0.6 is 0 Å². The summed E-state index contributed by atoms with van der Waals surface area (Å²) in [6.45, 7) is 3.69. The number of rotatable bonds is 3. The zero-order valence-corrected chi connectivity index (χ0v) is 11.9. The van der Waals surface area contributed by atoms with Gasteiger partial charge in [0.25, 0.3) is 5.91 Å². The second-order valence-corrected chi connectivity index (χ2v) is 5.51. The molecule has 114 valence electrons. The molecule has 2 atom stereocenters. The van der Waals surface area contributed by atoms with Gasteiger partial charge >= 0.3 is 0 Å². The number of nitroso groups, excluding NO2 is 1. The smallest absolute Gasteiger partial charge is 0.270 e. The summed E-state index contributed by atoms with van der Waals surface area (Å²) in [6.07, 6.45) is 0.578. The molecular formula is C14H17F2N3O2. The fourth-order valence-corrected chi connectivity index (χ4v) is 2.38. The van der Waals surface area contributed by atoms with E-state index in [4.69, 9.17) is 0 Å². The number of aryl methyl sites for hydroxylation is 2. The third kappa shape index (κ3) is 3.59. The molecule has 0 aromatic carbocycles. The number of hydrogen-bond donors (Lipinski definition) is 1. The Kier molecular flexibility index (Phi) is 4.29. The highest BCUT2D eigenvalue weighted by molar-refractivity contribution is 5.92. The highest BCUT2D eigenvalue weighted by Crippen LogP contribution is 2.34. The SMILES string of the molecule is Cc1cnc(C(=O)NC2CC(F)(F)CCC2N=O)cc1C. The van der Waals surface area contributed by atoms with Crippen molar-refractivity contribution in [3.63, 3.8) is 0 Å². The maximum atomic E-state index is 13.4. The van der Waals surface area contributed by atoms with E-state index in [-0.39, 0.29) is 18.5 Å². The lowest BCUT2D eigenvalue weighted by Gasteiger charge is -2.32. The van der Waals surface area contributed by atoms with Crippen molar-refractivity contribution in [2.75, 3.05) is 0 Å². The standard InChI is InChI=1S/C14H17F2N3O2/c1-8-5-11(17-7-9(8)2)13(20)18-12-6-14(15,16)4-3-10(12)19-21/h5,7,10,12H,3-4,6H2,1-2H3,(H,18,20). The number of carbonyl (C=O) groups is 1. The van der Waals surface area contributed by atoms with Crippen LogP contribution in [0.3, 0.4) is 0 Å². The molecule has 0 saturated heterocycles. The third-order valence-electron chi connectivity index (χ3n) is 3.85. The summed E-state index contributed by atoms with van der Waals surface area (Å²) in [4.78, 5) is 26.8. The fourth-order valence-electron chi connectivity index (χ4n) is 2.38. The third-order valence-corrected chi connectivity index (χ3v) is 3.85. The Balaban J connectivity index is 2.12. The van der Waals surface area contributed by atoms with Crippen LogP contribution in [0.2, 0.25) is 0 Å². The van der Waals surface area contributed by atoms with E-state index in [1.807, 2.05) is 13.8 Å². The average Bonchev–Trinajstić information content (AvgIpc) is 2.41. The number of nitrogens with one attached hydrogen (secondary N) is 1. The van der Waals surface area contributed by atoms with Gasteiger partial charge in [-0.05, 0) is 37.5 Å². The van der Waals surface area contributed by atoms with Crippen LogP contribution in [0.15, 0.2) is 17.4 Å². The normalized spacial score (nSPS) is 24.4. The molecule has 2 rings (SSSR count). The molecule has 1 N–H and O–H groups in total. The van der Waals surface area contributed by atoms with Crippen molar-refractivity contribution in [2.45, 2.75) is 51.1 Å². The number of halogens is 2. The quantitative estimate of drug-likeness (QED) is 0.872. The van der Waals surface area contributed by atoms with E-state index in [1.165, 1.54) is 0 Å². The molecule has 1 saturated carbocycles. The van der Waals surface area contributed by atoms with Gasteiger partial charge < -0.3 is 5.32 Å². The van der Waals surface area contributed by atoms with Gasteiger partial charge in [0.05, 0.1) is 6.04 Å². The number of carbonyl (C=O) groups excluding carboxylic acids is 1. The lowest BCUT2D eigenvalue weighted by atomic mass is 9.88. The highest BCUT2D eigenvalue weighted by Gasteiger charge is 2.43. The Hall–Kier alpha value is -1.92. The number of amides is 1. The van der Waals surface area contributed by atoms with Gasteiger partial charge in [0, 0.05) is 19.0 Å². The van der Waals surface area contributed by atoms with E-state index in [2.05, 4.69) is 15.5 Å². The van der Waals surface area contributed by atoms with Gasteiger partial charge in [0.1, 0.15) is 11.7 Å². The van der Waals surface area contributed by atoms with Crippen molar-refractivity contribution in [3.05, 3.63) is 34.0 Å². The largest absolute Gasteiger partial charge is 0.345 e. The van der Waals surface area contributed by atoms with Crippen LogP contribution in [0, 0.1) is 18.8 Å². The lowest BCUT2D eigenvalue weighted by molar-refractivity contribution is -0.0474. The highest BCUT2D eigenvalue weighted by atomic mass is 19.3. The van der Waals surface area contributed by atoms with Crippen molar-refractivity contribution in [2.24, 2.45) is 5.18 Å². The first-order valence-electron chi connectivity index (χ1n) is 6.77. The number of alkyl halides is 2. The van der Waals surface area contributed by atoms with E-state index in [0.29, 0.717) is 0 Å². The van der Waals surface area contributed by atoms with E-state index in [9.17, 15) is 18.5 Å². The predicted molar refractivity (Wildman–Crippen MR) is 73.3 cm³/mol. The Morgan fingerprint density at radius 2 is 2.14 bits per heavy atom. The van der Waals surface area contributed by atoms with E-state index >= 15 is 0 Å². The Bertz CT molecular complexity index is 563. The van der Waals surface area contributed by atoms with Gasteiger partial charge in [-0.25, -0.2) is 8.78 Å². The van der Waals surface area contributed by atoms with Crippen LogP contribution in [-0.4, -0.2) is 28.9 Å². The Labute approximate surface area is 121 Å². The first-order chi connectivity index (χ1) is 9.82. The molecule has 0 bridgehead atoms. The summed E-state index contributed by atoms with van der Waals surface area (Å²) in [5.41, 5.74) is 1.97. The number of pyridine rings is 1. The van der Waals surface area contributed by atoms with Crippen molar-refractivity contribution >= 4 is 5.91 Å². The minimum absolute atomic E-state index is 0.0260. The molecule has 7 heteroatoms. The molecule has 0 spiro atoms. The molecule has 1 heterocycles. The monoisotopic (exact) mass is 297 g/mol. The van der Waals surface area contributed by atoms with Crippen molar-refractivity contribution in [1.29, 1.82) is 0 Å². The Morgan fingerprint density at radius 3 is 2.76 bits per heavy atom. The van der Waals surface area contributed by atoms with Crippen molar-refractivity contribution in [1.82, 2.24) is 10.3 Å². The summed E-state index contributed by atoms with van der Waals surface area (Å²) >= 11 is 0. The maximum absolute atomic E-state index is 13.4. The van der Waals surface area contributed by atoms with E-state index < -0.39 is 30.3 Å². The van der Waals surface area contributed by atoms with Crippen LogP contribution in [0.1, 0.15) is 40.9 Å². The molecule has 1 aromatic rings. The van der Waals surface area contributed by atoms with Gasteiger partial charge in [-0.2, -0.15) is 4.91 Å². The minimum atomic E-state index is -2.88. The molecule has 1 fully saturated rings. The first kappa shape index (κ1) is 15.5. The van der Waals surface area contributed by atoms with Crippen molar-refractivity contribution < 1.29 is 13.6 Å². The molecule has 5 nitrogen and oxygen atoms in total. The zero-order valence-electron chi connectivity index (χ0n) is 11.9. The van der Waals surface area contributed by atoms with E-state index in [0.717, 1.165) is 11.1 Å². The second-order valence-electron chi connectivity index (χ2n) is 5.51. The van der Waals surface area contributed by atoms with Gasteiger partial charge in [-0.3, -0.25) is 9.78 Å². The number of hydrogen-bond acceptors (Lipinski definition) is 4. The van der Waals surface area contributed by atoms with Gasteiger partial charge in [0.15, 0.2) is 0 Å². The van der Waals surface area contributed by atoms with Crippen LogP contribution in [-0.2, 0) is 0 Å². The van der Waals surface area contributed by atoms with Crippen molar-refractivity contribution in [3.8, 4) is 0 Å².